The van der Waals surface area contributed by atoms with E-state index < -0.39 is 18.3 Å². The van der Waals surface area contributed by atoms with Crippen molar-refractivity contribution < 1.29 is 19.7 Å². The van der Waals surface area contributed by atoms with E-state index in [9.17, 15) is 9.90 Å². The fourth-order valence-corrected chi connectivity index (χ4v) is 1.56. The highest BCUT2D eigenvalue weighted by Crippen LogP contribution is 2.11. The third kappa shape index (κ3) is 5.69. The minimum atomic E-state index is -1.01. The predicted octanol–water partition coefficient (Wildman–Crippen LogP) is 0.408. The summed E-state index contributed by atoms with van der Waals surface area (Å²) < 4.78 is 4.98. The molecule has 0 spiro atoms. The molecule has 2 atom stereocenters. The molecule has 19 heavy (non-hydrogen) atoms. The lowest BCUT2D eigenvalue weighted by Gasteiger charge is -2.13. The van der Waals surface area contributed by atoms with Crippen molar-refractivity contribution in [1.29, 1.82) is 0 Å². The van der Waals surface area contributed by atoms with Gasteiger partial charge in [0.2, 0.25) is 0 Å². The van der Waals surface area contributed by atoms with Gasteiger partial charge in [-0.25, -0.2) is 0 Å². The van der Waals surface area contributed by atoms with Crippen molar-refractivity contribution in [3.05, 3.63) is 29.8 Å². The molecule has 0 saturated carbocycles. The molecular formula is C13H20N2O4. The number of aliphatic hydroxyl groups excluding tert-OH is 1. The molecule has 0 aliphatic heterocycles. The highest BCUT2D eigenvalue weighted by molar-refractivity contribution is 5.73. The van der Waals surface area contributed by atoms with Crippen LogP contribution >= 0.6 is 0 Å². The van der Waals surface area contributed by atoms with Gasteiger partial charge in [0.25, 0.3) is 0 Å². The van der Waals surface area contributed by atoms with Crippen molar-refractivity contribution in [1.82, 2.24) is 0 Å². The van der Waals surface area contributed by atoms with E-state index in [0.29, 0.717) is 13.2 Å². The molecule has 0 aliphatic carbocycles. The second-order valence-electron chi connectivity index (χ2n) is 4.14. The van der Waals surface area contributed by atoms with Crippen molar-refractivity contribution in [2.45, 2.75) is 25.7 Å². The number of benzene rings is 1. The van der Waals surface area contributed by atoms with Crippen LogP contribution in [-0.4, -0.2) is 41.7 Å². The Hall–Kier alpha value is -1.63. The van der Waals surface area contributed by atoms with Crippen molar-refractivity contribution >= 4 is 11.7 Å². The Balaban J connectivity index is 2.45. The van der Waals surface area contributed by atoms with E-state index in [4.69, 9.17) is 15.6 Å². The molecule has 2 unspecified atom stereocenters. The number of rotatable bonds is 8. The van der Waals surface area contributed by atoms with Crippen molar-refractivity contribution in [3.8, 4) is 0 Å². The molecule has 5 N–H and O–H groups in total. The monoisotopic (exact) mass is 268 g/mol. The molecule has 1 rings (SSSR count). The smallest absolute Gasteiger partial charge is 0.320 e. The number of carboxylic acids is 1. The molecule has 0 saturated heterocycles. The summed E-state index contributed by atoms with van der Waals surface area (Å²) in [7, 11) is 0. The summed E-state index contributed by atoms with van der Waals surface area (Å²) in [6, 6.07) is 6.33. The second kappa shape index (κ2) is 7.73. The van der Waals surface area contributed by atoms with Crippen LogP contribution in [0.4, 0.5) is 5.69 Å². The van der Waals surface area contributed by atoms with E-state index >= 15 is 0 Å². The lowest BCUT2D eigenvalue weighted by atomic mass is 10.1. The molecule has 1 aromatic rings. The van der Waals surface area contributed by atoms with Gasteiger partial charge in [-0.2, -0.15) is 0 Å². The van der Waals surface area contributed by atoms with Gasteiger partial charge in [0.05, 0.1) is 6.54 Å². The first-order chi connectivity index (χ1) is 9.02. The summed E-state index contributed by atoms with van der Waals surface area (Å²) in [4.78, 5) is 10.6. The molecule has 0 bridgehead atoms. The lowest BCUT2D eigenvalue weighted by molar-refractivity contribution is -0.138. The Morgan fingerprint density at radius 3 is 2.58 bits per heavy atom. The van der Waals surface area contributed by atoms with E-state index in [1.807, 2.05) is 19.1 Å². The van der Waals surface area contributed by atoms with Crippen LogP contribution in [0, 0.1) is 0 Å². The zero-order chi connectivity index (χ0) is 14.3. The molecule has 0 aliphatic rings. The van der Waals surface area contributed by atoms with E-state index in [2.05, 4.69) is 5.32 Å². The first kappa shape index (κ1) is 15.4. The SMILES string of the molecule is CCOC(O)CNc1ccc(CC(N)C(=O)O)cc1. The minimum Gasteiger partial charge on any atom is -0.480 e. The molecule has 6 heteroatoms. The van der Waals surface area contributed by atoms with Crippen LogP contribution in [-0.2, 0) is 16.0 Å². The summed E-state index contributed by atoms with van der Waals surface area (Å²) in [6.07, 6.45) is -0.554. The van der Waals surface area contributed by atoms with Gasteiger partial charge in [-0.05, 0) is 31.0 Å². The summed E-state index contributed by atoms with van der Waals surface area (Å²) >= 11 is 0. The van der Waals surface area contributed by atoms with Crippen LogP contribution in [0.1, 0.15) is 12.5 Å². The molecule has 0 heterocycles. The highest BCUT2D eigenvalue weighted by atomic mass is 16.6. The van der Waals surface area contributed by atoms with Crippen LogP contribution in [0.25, 0.3) is 0 Å². The number of nitrogens with one attached hydrogen (secondary N) is 1. The predicted molar refractivity (Wildman–Crippen MR) is 71.9 cm³/mol. The van der Waals surface area contributed by atoms with Gasteiger partial charge in [0, 0.05) is 12.3 Å². The molecule has 0 radical (unpaired) electrons. The standard InChI is InChI=1S/C13H20N2O4/c1-2-19-12(16)8-15-10-5-3-9(4-6-10)7-11(14)13(17)18/h3-6,11-12,15-16H,2,7-8,14H2,1H3,(H,17,18). The minimum absolute atomic E-state index is 0.289. The molecule has 0 amide bonds. The first-order valence-corrected chi connectivity index (χ1v) is 6.13. The normalized spacial score (nSPS) is 13.8. The molecule has 0 aromatic heterocycles. The van der Waals surface area contributed by atoms with Crippen LogP contribution in [0.5, 0.6) is 0 Å². The third-order valence-corrected chi connectivity index (χ3v) is 2.57. The third-order valence-electron chi connectivity index (χ3n) is 2.57. The van der Waals surface area contributed by atoms with Gasteiger partial charge in [-0.15, -0.1) is 0 Å². The number of anilines is 1. The molecule has 0 fully saturated rings. The van der Waals surface area contributed by atoms with E-state index in [1.165, 1.54) is 0 Å². The quantitative estimate of drug-likeness (QED) is 0.509. The second-order valence-corrected chi connectivity index (χ2v) is 4.14. The highest BCUT2D eigenvalue weighted by Gasteiger charge is 2.11. The van der Waals surface area contributed by atoms with Crippen LogP contribution in [0.15, 0.2) is 24.3 Å². The zero-order valence-corrected chi connectivity index (χ0v) is 10.9. The number of aliphatic hydroxyl groups is 1. The average Bonchev–Trinajstić information content (AvgIpc) is 2.38. The summed E-state index contributed by atoms with van der Waals surface area (Å²) in [5, 5.41) is 21.1. The summed E-state index contributed by atoms with van der Waals surface area (Å²) in [5.41, 5.74) is 7.13. The topological polar surface area (TPSA) is 105 Å². The number of aliphatic carboxylic acids is 1. The van der Waals surface area contributed by atoms with Gasteiger partial charge in [0.15, 0.2) is 6.29 Å². The fraction of sp³-hybridized carbons (Fsp3) is 0.462. The van der Waals surface area contributed by atoms with Crippen LogP contribution < -0.4 is 11.1 Å². The Bertz CT molecular complexity index is 394. The Kier molecular flexibility index (Phi) is 6.27. The maximum Gasteiger partial charge on any atom is 0.320 e. The van der Waals surface area contributed by atoms with Crippen LogP contribution in [0.2, 0.25) is 0 Å². The van der Waals surface area contributed by atoms with Gasteiger partial charge in [-0.3, -0.25) is 4.79 Å². The lowest BCUT2D eigenvalue weighted by Crippen LogP contribution is -2.32. The first-order valence-electron chi connectivity index (χ1n) is 6.13. The van der Waals surface area contributed by atoms with Gasteiger partial charge < -0.3 is 26.0 Å². The van der Waals surface area contributed by atoms with Crippen molar-refractivity contribution in [3.63, 3.8) is 0 Å². The van der Waals surface area contributed by atoms with Gasteiger partial charge in [-0.1, -0.05) is 12.1 Å². The number of ether oxygens (including phenoxy) is 1. The Morgan fingerprint density at radius 2 is 2.05 bits per heavy atom. The van der Waals surface area contributed by atoms with Crippen LogP contribution in [0.3, 0.4) is 0 Å². The molecular weight excluding hydrogens is 248 g/mol. The number of hydrogen-bond acceptors (Lipinski definition) is 5. The largest absolute Gasteiger partial charge is 0.480 e. The summed E-state index contributed by atoms with van der Waals surface area (Å²) in [6.45, 7) is 2.56. The number of hydrogen-bond donors (Lipinski definition) is 4. The van der Waals surface area contributed by atoms with Crippen molar-refractivity contribution in [2.24, 2.45) is 5.73 Å². The Labute approximate surface area is 112 Å². The fourth-order valence-electron chi connectivity index (χ4n) is 1.56. The number of nitrogens with two attached hydrogens (primary N) is 1. The van der Waals surface area contributed by atoms with E-state index in [-0.39, 0.29) is 6.42 Å². The maximum absolute atomic E-state index is 10.6. The van der Waals surface area contributed by atoms with E-state index in [0.717, 1.165) is 11.3 Å². The zero-order valence-electron chi connectivity index (χ0n) is 10.9. The van der Waals surface area contributed by atoms with Gasteiger partial charge >= 0.3 is 5.97 Å². The molecule has 6 nitrogen and oxygen atoms in total. The Morgan fingerprint density at radius 1 is 1.42 bits per heavy atom. The number of carbonyl (C=O) groups is 1. The van der Waals surface area contributed by atoms with E-state index in [1.54, 1.807) is 12.1 Å². The maximum atomic E-state index is 10.6. The summed E-state index contributed by atoms with van der Waals surface area (Å²) in [5.74, 6) is -1.01. The molecule has 106 valence electrons. The number of carboxylic acid groups (broad SMARTS) is 1. The average molecular weight is 268 g/mol. The molecule has 1 aromatic carbocycles. The van der Waals surface area contributed by atoms with Crippen molar-refractivity contribution in [2.75, 3.05) is 18.5 Å². The van der Waals surface area contributed by atoms with Gasteiger partial charge in [0.1, 0.15) is 6.04 Å².